The quantitative estimate of drug-likeness (QED) is 0.895. The maximum Gasteiger partial charge on any atom is 0.146 e. The minimum absolute atomic E-state index is 0.549. The summed E-state index contributed by atoms with van der Waals surface area (Å²) in [7, 11) is 0. The summed E-state index contributed by atoms with van der Waals surface area (Å²) in [6, 6.07) is 0. The van der Waals surface area contributed by atoms with Crippen LogP contribution in [0.5, 0.6) is 0 Å². The van der Waals surface area contributed by atoms with Gasteiger partial charge in [-0.25, -0.2) is 15.0 Å². The molecule has 0 unspecified atom stereocenters. The van der Waals surface area contributed by atoms with E-state index >= 15 is 0 Å². The molecule has 18 heavy (non-hydrogen) atoms. The zero-order valence-electron chi connectivity index (χ0n) is 11.1. The van der Waals surface area contributed by atoms with Gasteiger partial charge in [-0.15, -0.1) is 0 Å². The van der Waals surface area contributed by atoms with Gasteiger partial charge in [0.1, 0.15) is 23.3 Å². The predicted molar refractivity (Wildman–Crippen MR) is 71.7 cm³/mol. The van der Waals surface area contributed by atoms with Gasteiger partial charge in [-0.2, -0.15) is 0 Å². The number of hydrogen-bond donors (Lipinski definition) is 1. The van der Waals surface area contributed by atoms with Crippen molar-refractivity contribution in [3.63, 3.8) is 0 Å². The first kappa shape index (κ1) is 12.5. The van der Waals surface area contributed by atoms with Crippen molar-refractivity contribution in [3.8, 4) is 5.82 Å². The van der Waals surface area contributed by atoms with Crippen LogP contribution >= 0.6 is 0 Å². The number of hydrogen-bond acceptors (Lipinski definition) is 4. The van der Waals surface area contributed by atoms with Crippen molar-refractivity contribution in [1.29, 1.82) is 0 Å². The van der Waals surface area contributed by atoms with Crippen LogP contribution in [-0.2, 0) is 12.8 Å². The van der Waals surface area contributed by atoms with Gasteiger partial charge in [-0.3, -0.25) is 4.57 Å². The molecule has 2 N–H and O–H groups in total. The van der Waals surface area contributed by atoms with Crippen LogP contribution in [0.15, 0.2) is 12.4 Å². The Morgan fingerprint density at radius 2 is 2.06 bits per heavy atom. The number of anilines is 1. The summed E-state index contributed by atoms with van der Waals surface area (Å²) in [5, 5.41) is 0. The second-order valence-electron chi connectivity index (χ2n) is 4.29. The Morgan fingerprint density at radius 1 is 1.28 bits per heavy atom. The van der Waals surface area contributed by atoms with Crippen LogP contribution in [0.3, 0.4) is 0 Å². The van der Waals surface area contributed by atoms with Crippen LogP contribution in [0, 0.1) is 6.92 Å². The molecule has 96 valence electrons. The molecule has 0 saturated heterocycles. The molecular formula is C13H19N5. The highest BCUT2D eigenvalue weighted by Gasteiger charge is 2.12. The Labute approximate surface area is 107 Å². The smallest absolute Gasteiger partial charge is 0.146 e. The molecule has 0 aliphatic heterocycles. The van der Waals surface area contributed by atoms with Crippen LogP contribution in [-0.4, -0.2) is 19.5 Å². The number of nitrogens with zero attached hydrogens (tertiary/aromatic N) is 4. The lowest BCUT2D eigenvalue weighted by molar-refractivity contribution is 0.783. The van der Waals surface area contributed by atoms with Gasteiger partial charge in [0.25, 0.3) is 0 Å². The molecule has 2 aromatic rings. The van der Waals surface area contributed by atoms with Crippen molar-refractivity contribution in [3.05, 3.63) is 29.6 Å². The topological polar surface area (TPSA) is 69.6 Å². The van der Waals surface area contributed by atoms with E-state index in [0.29, 0.717) is 5.82 Å². The van der Waals surface area contributed by atoms with E-state index in [1.165, 1.54) is 0 Å². The van der Waals surface area contributed by atoms with E-state index in [-0.39, 0.29) is 0 Å². The molecule has 0 fully saturated rings. The van der Waals surface area contributed by atoms with Crippen molar-refractivity contribution < 1.29 is 0 Å². The molecule has 0 spiro atoms. The molecule has 0 aromatic carbocycles. The van der Waals surface area contributed by atoms with E-state index < -0.39 is 0 Å². The van der Waals surface area contributed by atoms with Crippen molar-refractivity contribution in [2.45, 2.75) is 40.0 Å². The van der Waals surface area contributed by atoms with Crippen LogP contribution in [0.1, 0.15) is 37.5 Å². The fourth-order valence-electron chi connectivity index (χ4n) is 1.90. The molecule has 0 aliphatic carbocycles. The van der Waals surface area contributed by atoms with Crippen molar-refractivity contribution >= 4 is 5.82 Å². The summed E-state index contributed by atoms with van der Waals surface area (Å²) in [5.74, 6) is 3.18. The van der Waals surface area contributed by atoms with E-state index in [4.69, 9.17) is 5.73 Å². The number of imidazole rings is 1. The van der Waals surface area contributed by atoms with E-state index in [1.807, 2.05) is 24.6 Å². The third kappa shape index (κ3) is 2.20. The van der Waals surface area contributed by atoms with Crippen LogP contribution in [0.25, 0.3) is 5.82 Å². The first-order chi connectivity index (χ1) is 8.67. The van der Waals surface area contributed by atoms with Crippen LogP contribution in [0.2, 0.25) is 0 Å². The largest absolute Gasteiger partial charge is 0.383 e. The van der Waals surface area contributed by atoms with E-state index in [1.54, 1.807) is 6.20 Å². The molecule has 0 aliphatic rings. The normalized spacial score (nSPS) is 10.8. The molecule has 0 radical (unpaired) electrons. The average molecular weight is 245 g/mol. The molecular weight excluding hydrogens is 226 g/mol. The SMILES string of the molecule is CCCc1nccn1-c1nc(CC)nc(N)c1C. The van der Waals surface area contributed by atoms with Gasteiger partial charge in [0.15, 0.2) is 0 Å². The Morgan fingerprint density at radius 3 is 2.72 bits per heavy atom. The molecule has 2 rings (SSSR count). The summed E-state index contributed by atoms with van der Waals surface area (Å²) in [6.07, 6.45) is 6.48. The Bertz CT molecular complexity index is 544. The minimum atomic E-state index is 0.549. The lowest BCUT2D eigenvalue weighted by Crippen LogP contribution is -2.10. The van der Waals surface area contributed by atoms with E-state index in [2.05, 4.69) is 21.9 Å². The lowest BCUT2D eigenvalue weighted by atomic mass is 10.2. The number of aromatic nitrogens is 4. The number of aryl methyl sites for hydroxylation is 2. The first-order valence-electron chi connectivity index (χ1n) is 6.32. The monoisotopic (exact) mass is 245 g/mol. The summed E-state index contributed by atoms with van der Waals surface area (Å²) < 4.78 is 2.01. The highest BCUT2D eigenvalue weighted by Crippen LogP contribution is 2.18. The maximum absolute atomic E-state index is 5.94. The van der Waals surface area contributed by atoms with Gasteiger partial charge in [0.05, 0.1) is 0 Å². The molecule has 5 heteroatoms. The fourth-order valence-corrected chi connectivity index (χ4v) is 1.90. The lowest BCUT2D eigenvalue weighted by Gasteiger charge is -2.12. The van der Waals surface area contributed by atoms with E-state index in [9.17, 15) is 0 Å². The summed E-state index contributed by atoms with van der Waals surface area (Å²) in [6.45, 7) is 6.10. The average Bonchev–Trinajstić information content (AvgIpc) is 2.81. The van der Waals surface area contributed by atoms with Crippen molar-refractivity contribution in [2.75, 3.05) is 5.73 Å². The number of rotatable bonds is 4. The second-order valence-corrected chi connectivity index (χ2v) is 4.29. The highest BCUT2D eigenvalue weighted by atomic mass is 15.1. The van der Waals surface area contributed by atoms with Crippen molar-refractivity contribution in [1.82, 2.24) is 19.5 Å². The third-order valence-electron chi connectivity index (χ3n) is 2.94. The Kier molecular flexibility index (Phi) is 3.60. The summed E-state index contributed by atoms with van der Waals surface area (Å²) in [4.78, 5) is 13.2. The fraction of sp³-hybridized carbons (Fsp3) is 0.462. The molecule has 0 saturated carbocycles. The predicted octanol–water partition coefficient (Wildman–Crippen LogP) is 2.07. The number of nitrogens with two attached hydrogens (primary N) is 1. The van der Waals surface area contributed by atoms with Gasteiger partial charge in [-0.1, -0.05) is 13.8 Å². The Hall–Kier alpha value is -1.91. The molecule has 5 nitrogen and oxygen atoms in total. The van der Waals surface area contributed by atoms with Gasteiger partial charge >= 0.3 is 0 Å². The standard InChI is InChI=1S/C13H19N5/c1-4-6-11-15-7-8-18(11)13-9(3)12(14)16-10(5-2)17-13/h7-8H,4-6H2,1-3H3,(H2,14,16,17). The minimum Gasteiger partial charge on any atom is -0.383 e. The van der Waals surface area contributed by atoms with Crippen LogP contribution < -0.4 is 5.73 Å². The van der Waals surface area contributed by atoms with E-state index in [0.717, 1.165) is 42.3 Å². The van der Waals surface area contributed by atoms with Gasteiger partial charge in [0, 0.05) is 30.8 Å². The maximum atomic E-state index is 5.94. The first-order valence-corrected chi connectivity index (χ1v) is 6.32. The molecule has 0 bridgehead atoms. The Balaban J connectivity index is 2.55. The molecule has 0 atom stereocenters. The highest BCUT2D eigenvalue weighted by molar-refractivity contribution is 5.48. The molecule has 0 amide bonds. The molecule has 2 heterocycles. The third-order valence-corrected chi connectivity index (χ3v) is 2.94. The number of nitrogen functional groups attached to an aromatic ring is 1. The van der Waals surface area contributed by atoms with Gasteiger partial charge < -0.3 is 5.73 Å². The zero-order chi connectivity index (χ0) is 13.1. The molecule has 2 aromatic heterocycles. The van der Waals surface area contributed by atoms with Crippen LogP contribution in [0.4, 0.5) is 5.82 Å². The summed E-state index contributed by atoms with van der Waals surface area (Å²) in [5.41, 5.74) is 6.85. The van der Waals surface area contributed by atoms with Crippen molar-refractivity contribution in [2.24, 2.45) is 0 Å². The van der Waals surface area contributed by atoms with Gasteiger partial charge in [0.2, 0.25) is 0 Å². The van der Waals surface area contributed by atoms with Gasteiger partial charge in [-0.05, 0) is 13.3 Å². The second kappa shape index (κ2) is 5.16. The summed E-state index contributed by atoms with van der Waals surface area (Å²) >= 11 is 0. The zero-order valence-corrected chi connectivity index (χ0v) is 11.1.